The summed E-state index contributed by atoms with van der Waals surface area (Å²) in [5, 5.41) is 6.64. The third kappa shape index (κ3) is 2.70. The molecule has 0 saturated carbocycles. The van der Waals surface area contributed by atoms with Gasteiger partial charge in [0.2, 0.25) is 5.91 Å². The summed E-state index contributed by atoms with van der Waals surface area (Å²) in [6.07, 6.45) is 5.06. The molecule has 0 fully saturated rings. The maximum absolute atomic E-state index is 13.2. The number of H-pyrrole nitrogens is 1. The van der Waals surface area contributed by atoms with Crippen LogP contribution in [-0.4, -0.2) is 21.1 Å². The van der Waals surface area contributed by atoms with E-state index in [1.807, 2.05) is 0 Å². The first-order valence-electron chi connectivity index (χ1n) is 7.08. The number of hydrogen-bond donors (Lipinski definition) is 2. The molecule has 0 aliphatic carbocycles. The quantitative estimate of drug-likeness (QED) is 0.755. The Morgan fingerprint density at radius 1 is 1.22 bits per heavy atom. The lowest BCUT2D eigenvalue weighted by Crippen LogP contribution is -2.44. The number of nitrogens with two attached hydrogens (primary N) is 1. The van der Waals surface area contributed by atoms with Crippen molar-refractivity contribution in [3.8, 4) is 0 Å². The fraction of sp³-hybridized carbons (Fsp3) is 0.118. The number of pyridine rings is 1. The Hall–Kier alpha value is -3.02. The van der Waals surface area contributed by atoms with Crippen LogP contribution in [-0.2, 0) is 16.6 Å². The Bertz CT molecular complexity index is 787. The van der Waals surface area contributed by atoms with Gasteiger partial charge in [0, 0.05) is 18.0 Å². The molecule has 2 heterocycles. The molecule has 1 atom stereocenters. The van der Waals surface area contributed by atoms with Gasteiger partial charge in [0.25, 0.3) is 0 Å². The normalized spacial score (nSPS) is 13.4. The summed E-state index contributed by atoms with van der Waals surface area (Å²) in [4.78, 5) is 16.8. The van der Waals surface area contributed by atoms with E-state index in [0.29, 0.717) is 11.3 Å². The van der Waals surface area contributed by atoms with Crippen LogP contribution in [0.1, 0.15) is 16.8 Å². The zero-order chi connectivity index (χ0) is 16.3. The van der Waals surface area contributed by atoms with E-state index in [2.05, 4.69) is 15.2 Å². The molecular formula is C17H15FN4O. The molecular weight excluding hydrogens is 295 g/mol. The average Bonchev–Trinajstić information content (AvgIpc) is 3.09. The molecule has 0 bridgehead atoms. The Kier molecular flexibility index (Phi) is 3.89. The van der Waals surface area contributed by atoms with Crippen LogP contribution in [0.4, 0.5) is 4.39 Å². The van der Waals surface area contributed by atoms with Gasteiger partial charge in [0.15, 0.2) is 0 Å². The van der Waals surface area contributed by atoms with Crippen LogP contribution in [0.3, 0.4) is 0 Å². The molecule has 2 aromatic heterocycles. The van der Waals surface area contributed by atoms with Crippen molar-refractivity contribution in [3.63, 3.8) is 0 Å². The van der Waals surface area contributed by atoms with Crippen LogP contribution in [0, 0.1) is 5.82 Å². The molecule has 3 rings (SSSR count). The highest BCUT2D eigenvalue weighted by atomic mass is 19.1. The molecule has 6 heteroatoms. The number of benzene rings is 1. The van der Waals surface area contributed by atoms with Crippen molar-refractivity contribution >= 4 is 5.91 Å². The Morgan fingerprint density at radius 2 is 2.00 bits per heavy atom. The van der Waals surface area contributed by atoms with Crippen molar-refractivity contribution in [2.24, 2.45) is 5.73 Å². The van der Waals surface area contributed by atoms with E-state index in [1.165, 1.54) is 12.1 Å². The summed E-state index contributed by atoms with van der Waals surface area (Å²) in [6, 6.07) is 11.3. The summed E-state index contributed by atoms with van der Waals surface area (Å²) in [5.41, 5.74) is 6.52. The summed E-state index contributed by atoms with van der Waals surface area (Å²) >= 11 is 0. The highest BCUT2D eigenvalue weighted by Gasteiger charge is 2.42. The lowest BCUT2D eigenvalue weighted by Gasteiger charge is -2.29. The molecule has 3 N–H and O–H groups in total. The lowest BCUT2D eigenvalue weighted by atomic mass is 9.73. The fourth-order valence-electron chi connectivity index (χ4n) is 2.70. The molecule has 1 aromatic carbocycles. The van der Waals surface area contributed by atoms with E-state index in [9.17, 15) is 9.18 Å². The van der Waals surface area contributed by atoms with Gasteiger partial charge in [-0.3, -0.25) is 14.9 Å². The number of carbonyl (C=O) groups is 1. The van der Waals surface area contributed by atoms with Gasteiger partial charge in [0.1, 0.15) is 11.2 Å². The number of amides is 1. The number of hydrogen-bond acceptors (Lipinski definition) is 3. The lowest BCUT2D eigenvalue weighted by molar-refractivity contribution is -0.122. The smallest absolute Gasteiger partial charge is 0.234 e. The van der Waals surface area contributed by atoms with Crippen LogP contribution in [0.25, 0.3) is 0 Å². The standard InChI is InChI=1S/C17H15FN4O/c18-14-6-4-12(5-7-14)9-17(16(19)23,13-10-21-22-11-13)15-3-1-2-8-20-15/h1-8,10-11H,9H2,(H2,19,23)(H,21,22). The van der Waals surface area contributed by atoms with Crippen molar-refractivity contribution in [2.75, 3.05) is 0 Å². The van der Waals surface area contributed by atoms with Gasteiger partial charge < -0.3 is 5.73 Å². The van der Waals surface area contributed by atoms with Crippen LogP contribution in [0.2, 0.25) is 0 Å². The van der Waals surface area contributed by atoms with Crippen LogP contribution < -0.4 is 5.73 Å². The number of aromatic nitrogens is 3. The summed E-state index contributed by atoms with van der Waals surface area (Å²) in [7, 11) is 0. The van der Waals surface area contributed by atoms with E-state index >= 15 is 0 Å². The maximum atomic E-state index is 13.2. The van der Waals surface area contributed by atoms with Crippen LogP contribution >= 0.6 is 0 Å². The first-order valence-corrected chi connectivity index (χ1v) is 7.08. The highest BCUT2D eigenvalue weighted by molar-refractivity contribution is 5.90. The summed E-state index contributed by atoms with van der Waals surface area (Å²) < 4.78 is 13.2. The minimum Gasteiger partial charge on any atom is -0.369 e. The third-order valence-corrected chi connectivity index (χ3v) is 3.90. The minimum absolute atomic E-state index is 0.263. The number of halogens is 1. The fourth-order valence-corrected chi connectivity index (χ4v) is 2.70. The summed E-state index contributed by atoms with van der Waals surface area (Å²) in [6.45, 7) is 0. The molecule has 1 unspecified atom stereocenters. The largest absolute Gasteiger partial charge is 0.369 e. The topological polar surface area (TPSA) is 84.7 Å². The van der Waals surface area contributed by atoms with Gasteiger partial charge in [-0.1, -0.05) is 18.2 Å². The molecule has 5 nitrogen and oxygen atoms in total. The number of rotatable bonds is 5. The number of primary amides is 1. The Morgan fingerprint density at radius 3 is 2.57 bits per heavy atom. The molecule has 116 valence electrons. The van der Waals surface area contributed by atoms with Gasteiger partial charge in [0.05, 0.1) is 11.9 Å². The summed E-state index contributed by atoms with van der Waals surface area (Å²) in [5.74, 6) is -0.874. The number of carbonyl (C=O) groups excluding carboxylic acids is 1. The highest BCUT2D eigenvalue weighted by Crippen LogP contribution is 2.34. The predicted molar refractivity (Wildman–Crippen MR) is 82.9 cm³/mol. The number of nitrogens with one attached hydrogen (secondary N) is 1. The molecule has 23 heavy (non-hydrogen) atoms. The number of nitrogens with zero attached hydrogens (tertiary/aromatic N) is 2. The first-order chi connectivity index (χ1) is 11.1. The van der Waals surface area contributed by atoms with Crippen molar-refractivity contribution in [1.82, 2.24) is 15.2 Å². The van der Waals surface area contributed by atoms with Crippen molar-refractivity contribution < 1.29 is 9.18 Å². The van der Waals surface area contributed by atoms with Gasteiger partial charge in [-0.15, -0.1) is 0 Å². The molecule has 0 spiro atoms. The van der Waals surface area contributed by atoms with Crippen molar-refractivity contribution in [1.29, 1.82) is 0 Å². The van der Waals surface area contributed by atoms with Gasteiger partial charge >= 0.3 is 0 Å². The zero-order valence-corrected chi connectivity index (χ0v) is 12.2. The predicted octanol–water partition coefficient (Wildman–Crippen LogP) is 1.96. The molecule has 1 amide bonds. The minimum atomic E-state index is -1.17. The van der Waals surface area contributed by atoms with Crippen LogP contribution in [0.15, 0.2) is 61.1 Å². The third-order valence-electron chi connectivity index (χ3n) is 3.90. The molecule has 0 aliphatic heterocycles. The van der Waals surface area contributed by atoms with Gasteiger partial charge in [-0.05, 0) is 36.2 Å². The Balaban J connectivity index is 2.16. The monoisotopic (exact) mass is 310 g/mol. The maximum Gasteiger partial charge on any atom is 0.234 e. The zero-order valence-electron chi connectivity index (χ0n) is 12.2. The van der Waals surface area contributed by atoms with E-state index in [4.69, 9.17) is 5.73 Å². The second kappa shape index (κ2) is 6.00. The van der Waals surface area contributed by atoms with Crippen LogP contribution in [0.5, 0.6) is 0 Å². The van der Waals surface area contributed by atoms with E-state index in [-0.39, 0.29) is 12.2 Å². The molecule has 0 aliphatic rings. The average molecular weight is 310 g/mol. The van der Waals surface area contributed by atoms with E-state index < -0.39 is 11.3 Å². The molecule has 0 radical (unpaired) electrons. The van der Waals surface area contributed by atoms with Gasteiger partial charge in [-0.25, -0.2) is 4.39 Å². The first kappa shape index (κ1) is 14.9. The van der Waals surface area contributed by atoms with E-state index in [1.54, 1.807) is 48.9 Å². The molecule has 0 saturated heterocycles. The Labute approximate surface area is 132 Å². The van der Waals surface area contributed by atoms with E-state index in [0.717, 1.165) is 5.56 Å². The molecule has 3 aromatic rings. The van der Waals surface area contributed by atoms with Gasteiger partial charge in [-0.2, -0.15) is 5.10 Å². The van der Waals surface area contributed by atoms with Crippen molar-refractivity contribution in [2.45, 2.75) is 11.8 Å². The SMILES string of the molecule is NC(=O)C(Cc1ccc(F)cc1)(c1cn[nH]c1)c1ccccn1. The second-order valence-corrected chi connectivity index (χ2v) is 5.27. The second-order valence-electron chi connectivity index (χ2n) is 5.27. The number of aromatic amines is 1. The van der Waals surface area contributed by atoms with Crippen molar-refractivity contribution in [3.05, 3.63) is 83.7 Å².